The average Bonchev–Trinajstić information content (AvgIpc) is 2.99. The van der Waals surface area contributed by atoms with E-state index in [2.05, 4.69) is 11.6 Å². The fraction of sp³-hybridized carbons (Fsp3) is 0.480. The highest BCUT2D eigenvalue weighted by Gasteiger charge is 2.56. The Morgan fingerprint density at radius 2 is 2.09 bits per heavy atom. The maximum atomic E-state index is 14.8. The van der Waals surface area contributed by atoms with Crippen molar-refractivity contribution < 1.29 is 32.1 Å². The third-order valence-corrected chi connectivity index (χ3v) is 5.44. The van der Waals surface area contributed by atoms with Crippen LogP contribution in [0, 0.1) is 0 Å². The van der Waals surface area contributed by atoms with Crippen LogP contribution in [0.3, 0.4) is 0 Å². The number of halogens is 4. The molecule has 0 aromatic rings. The molecule has 0 saturated carbocycles. The van der Waals surface area contributed by atoms with Gasteiger partial charge in [-0.3, -0.25) is 4.99 Å². The standard InChI is InChI=1S/C25H34F4N2O3/c1-6-20(9-8-13-26)34-16-12-24(32,25(28,29)18-27)21-17-19(3)22(10-11-23(21)33-5)30-14-15-31(4)7-2/h6,8-10,13-14,17,32H,1,7,11-12,15-16,18H2,2-5H3/b13-8+,20-9+,30-14+. The van der Waals surface area contributed by atoms with Crippen LogP contribution < -0.4 is 0 Å². The van der Waals surface area contributed by atoms with Crippen LogP contribution in [0.5, 0.6) is 0 Å². The first-order valence-corrected chi connectivity index (χ1v) is 10.9. The van der Waals surface area contributed by atoms with Crippen LogP contribution in [-0.4, -0.2) is 68.3 Å². The lowest BCUT2D eigenvalue weighted by Gasteiger charge is -2.36. The van der Waals surface area contributed by atoms with Crippen LogP contribution in [-0.2, 0) is 9.47 Å². The molecule has 1 atom stereocenters. The number of methoxy groups -OCH3 is 1. The highest BCUT2D eigenvalue weighted by atomic mass is 19.3. The quantitative estimate of drug-likeness (QED) is 0.154. The minimum atomic E-state index is -4.14. The number of alkyl halides is 3. The minimum Gasteiger partial charge on any atom is -0.500 e. The summed E-state index contributed by atoms with van der Waals surface area (Å²) in [5.74, 6) is -3.98. The van der Waals surface area contributed by atoms with E-state index in [1.54, 1.807) is 19.2 Å². The predicted molar refractivity (Wildman–Crippen MR) is 127 cm³/mol. The van der Waals surface area contributed by atoms with Gasteiger partial charge in [0.1, 0.15) is 11.5 Å². The Hall–Kier alpha value is -2.65. The molecule has 1 N–H and O–H groups in total. The summed E-state index contributed by atoms with van der Waals surface area (Å²) in [7, 11) is 3.23. The third kappa shape index (κ3) is 7.70. The fourth-order valence-corrected chi connectivity index (χ4v) is 3.18. The molecule has 34 heavy (non-hydrogen) atoms. The monoisotopic (exact) mass is 486 g/mol. The van der Waals surface area contributed by atoms with E-state index in [0.29, 0.717) is 17.8 Å². The van der Waals surface area contributed by atoms with Crippen LogP contribution in [0.2, 0.25) is 0 Å². The van der Waals surface area contributed by atoms with E-state index >= 15 is 0 Å². The highest BCUT2D eigenvalue weighted by Crippen LogP contribution is 2.42. The normalized spacial score (nSPS) is 17.6. The van der Waals surface area contributed by atoms with Gasteiger partial charge in [-0.1, -0.05) is 19.6 Å². The summed E-state index contributed by atoms with van der Waals surface area (Å²) >= 11 is 0. The molecule has 1 unspecified atom stereocenters. The zero-order chi connectivity index (χ0) is 25.8. The van der Waals surface area contributed by atoms with Crippen molar-refractivity contribution >= 4 is 6.21 Å². The zero-order valence-electron chi connectivity index (χ0n) is 20.2. The lowest BCUT2D eigenvalue weighted by molar-refractivity contribution is -0.176. The molecule has 0 fully saturated rings. The van der Waals surface area contributed by atoms with E-state index in [1.165, 1.54) is 25.3 Å². The summed E-state index contributed by atoms with van der Waals surface area (Å²) in [6, 6.07) is 0. The Labute approximate surface area is 199 Å². The first-order valence-electron chi connectivity index (χ1n) is 10.9. The number of hydrogen-bond donors (Lipinski definition) is 1. The summed E-state index contributed by atoms with van der Waals surface area (Å²) in [4.78, 5) is 6.45. The van der Waals surface area contributed by atoms with Crippen molar-refractivity contribution in [1.82, 2.24) is 4.90 Å². The van der Waals surface area contributed by atoms with Gasteiger partial charge in [0, 0.05) is 31.2 Å². The third-order valence-electron chi connectivity index (χ3n) is 5.44. The SMILES string of the molecule is C=C/C(=C\C=C\F)OCCC(O)(C1=C(OC)CC=C(/N=C/CN(C)CC)C(C)=C1)C(F)(F)CF. The van der Waals surface area contributed by atoms with Gasteiger partial charge >= 0.3 is 5.92 Å². The van der Waals surface area contributed by atoms with Gasteiger partial charge in [-0.05, 0) is 50.4 Å². The van der Waals surface area contributed by atoms with Crippen LogP contribution in [0.1, 0.15) is 26.7 Å². The van der Waals surface area contributed by atoms with Crippen LogP contribution in [0.25, 0.3) is 0 Å². The molecule has 0 aromatic heterocycles. The van der Waals surface area contributed by atoms with Crippen molar-refractivity contribution in [2.24, 2.45) is 4.99 Å². The molecule has 1 aliphatic rings. The molecule has 0 saturated heterocycles. The highest BCUT2D eigenvalue weighted by molar-refractivity contribution is 5.63. The number of rotatable bonds is 14. The van der Waals surface area contributed by atoms with Gasteiger partial charge in [-0.25, -0.2) is 17.6 Å². The summed E-state index contributed by atoms with van der Waals surface area (Å²) < 4.78 is 66.0. The number of ether oxygens (including phenoxy) is 2. The van der Waals surface area contributed by atoms with Gasteiger partial charge in [-0.2, -0.15) is 0 Å². The maximum Gasteiger partial charge on any atom is 0.308 e. The van der Waals surface area contributed by atoms with E-state index in [4.69, 9.17) is 9.47 Å². The molecule has 0 bridgehead atoms. The van der Waals surface area contributed by atoms with Gasteiger partial charge in [0.05, 0.1) is 25.7 Å². The Morgan fingerprint density at radius 1 is 1.38 bits per heavy atom. The second-order valence-corrected chi connectivity index (χ2v) is 7.72. The number of hydrogen-bond acceptors (Lipinski definition) is 5. The smallest absolute Gasteiger partial charge is 0.308 e. The molecule has 0 aromatic carbocycles. The summed E-state index contributed by atoms with van der Waals surface area (Å²) in [6.07, 6.45) is 7.95. The lowest BCUT2D eigenvalue weighted by atomic mass is 9.82. The second-order valence-electron chi connectivity index (χ2n) is 7.72. The topological polar surface area (TPSA) is 54.3 Å². The molecule has 1 rings (SSSR count). The molecule has 5 nitrogen and oxygen atoms in total. The van der Waals surface area contributed by atoms with Crippen LogP contribution in [0.4, 0.5) is 17.6 Å². The Morgan fingerprint density at radius 3 is 2.65 bits per heavy atom. The second kappa shape index (κ2) is 13.9. The van der Waals surface area contributed by atoms with E-state index in [9.17, 15) is 22.7 Å². The molecule has 0 radical (unpaired) electrons. The van der Waals surface area contributed by atoms with Crippen molar-refractivity contribution in [2.45, 2.75) is 38.2 Å². The molecule has 190 valence electrons. The van der Waals surface area contributed by atoms with E-state index in [1.807, 2.05) is 18.9 Å². The maximum absolute atomic E-state index is 14.8. The molecule has 0 aliphatic heterocycles. The van der Waals surface area contributed by atoms with Crippen molar-refractivity contribution in [3.63, 3.8) is 0 Å². The van der Waals surface area contributed by atoms with Gasteiger partial charge in [0.2, 0.25) is 0 Å². The summed E-state index contributed by atoms with van der Waals surface area (Å²) in [6.45, 7) is 6.09. The molecule has 9 heteroatoms. The van der Waals surface area contributed by atoms with Crippen LogP contribution in [0.15, 0.2) is 76.6 Å². The first kappa shape index (κ1) is 29.4. The van der Waals surface area contributed by atoms with E-state index < -0.39 is 31.2 Å². The van der Waals surface area contributed by atoms with E-state index in [-0.39, 0.29) is 29.8 Å². The molecular weight excluding hydrogens is 452 g/mol. The van der Waals surface area contributed by atoms with Gasteiger partial charge < -0.3 is 19.5 Å². The molecular formula is C25H34F4N2O3. The minimum absolute atomic E-state index is 0.0608. The fourth-order valence-electron chi connectivity index (χ4n) is 3.18. The number of nitrogens with zero attached hydrogens (tertiary/aromatic N) is 2. The molecule has 0 spiro atoms. The molecule has 1 aliphatic carbocycles. The van der Waals surface area contributed by atoms with Gasteiger partial charge in [0.15, 0.2) is 12.3 Å². The Bertz CT molecular complexity index is 875. The van der Waals surface area contributed by atoms with Crippen LogP contribution >= 0.6 is 0 Å². The van der Waals surface area contributed by atoms with Crippen molar-refractivity contribution in [1.29, 1.82) is 0 Å². The number of aliphatic hydroxyl groups is 1. The van der Waals surface area contributed by atoms with E-state index in [0.717, 1.165) is 12.6 Å². The summed E-state index contributed by atoms with van der Waals surface area (Å²) in [5, 5.41) is 11.2. The number of aliphatic imine (C=N–C) groups is 1. The Kier molecular flexibility index (Phi) is 12.0. The predicted octanol–water partition coefficient (Wildman–Crippen LogP) is 5.44. The van der Waals surface area contributed by atoms with Gasteiger partial charge in [-0.15, -0.1) is 0 Å². The molecule has 0 amide bonds. The van der Waals surface area contributed by atoms with Crippen molar-refractivity contribution in [2.75, 3.05) is 40.5 Å². The lowest BCUT2D eigenvalue weighted by Crippen LogP contribution is -2.52. The Balaban J connectivity index is 3.34. The van der Waals surface area contributed by atoms with Crippen molar-refractivity contribution in [3.8, 4) is 0 Å². The number of allylic oxidation sites excluding steroid dienone is 5. The zero-order valence-corrected chi connectivity index (χ0v) is 20.2. The largest absolute Gasteiger partial charge is 0.500 e. The van der Waals surface area contributed by atoms with Gasteiger partial charge in [0.25, 0.3) is 0 Å². The summed E-state index contributed by atoms with van der Waals surface area (Å²) in [5.41, 5.74) is -2.15. The first-order chi connectivity index (χ1) is 16.1. The average molecular weight is 487 g/mol. The van der Waals surface area contributed by atoms with Crippen molar-refractivity contribution in [3.05, 3.63) is 71.7 Å². The molecule has 0 heterocycles.